The molecule has 2 aliphatic rings. The Balaban J connectivity index is 1.54. The molecule has 0 bridgehead atoms. The highest BCUT2D eigenvalue weighted by molar-refractivity contribution is 5.90. The third-order valence-corrected chi connectivity index (χ3v) is 5.93. The van der Waals surface area contributed by atoms with E-state index in [0.717, 1.165) is 18.2 Å². The molecule has 0 saturated carbocycles. The minimum absolute atomic E-state index is 0.0415. The van der Waals surface area contributed by atoms with Gasteiger partial charge < -0.3 is 25.1 Å². The number of carbonyl (C=O) groups excluding carboxylic acids is 2. The maximum absolute atomic E-state index is 14.6. The molecule has 1 aromatic heterocycles. The number of halogens is 2. The zero-order valence-corrected chi connectivity index (χ0v) is 19.4. The molecule has 34 heavy (non-hydrogen) atoms. The molecule has 3 atom stereocenters. The second-order valence-electron chi connectivity index (χ2n) is 9.63. The molecule has 2 aromatic rings. The van der Waals surface area contributed by atoms with Gasteiger partial charge in [-0.15, -0.1) is 0 Å². The van der Waals surface area contributed by atoms with Crippen LogP contribution in [0.1, 0.15) is 55.2 Å². The summed E-state index contributed by atoms with van der Waals surface area (Å²) in [6, 6.07) is 2.39. The largest absolute Gasteiger partial charge is 0.444 e. The van der Waals surface area contributed by atoms with E-state index in [-0.39, 0.29) is 23.9 Å². The van der Waals surface area contributed by atoms with Crippen molar-refractivity contribution < 1.29 is 27.8 Å². The van der Waals surface area contributed by atoms with Crippen LogP contribution < -0.4 is 11.1 Å². The van der Waals surface area contributed by atoms with Crippen LogP contribution in [0.2, 0.25) is 0 Å². The molecule has 0 spiro atoms. The third-order valence-electron chi connectivity index (χ3n) is 5.93. The lowest BCUT2D eigenvalue weighted by molar-refractivity contribution is -0.0665. The van der Waals surface area contributed by atoms with E-state index in [9.17, 15) is 18.4 Å². The Labute approximate surface area is 196 Å². The fourth-order valence-electron chi connectivity index (χ4n) is 4.40. The van der Waals surface area contributed by atoms with Crippen LogP contribution in [0.5, 0.6) is 0 Å². The molecule has 2 amide bonds. The SMILES string of the molecule is CC(C)(C)OC(=O)N[C@H]1C[C@@H](N2CCn3cc(C(N)=O)nc3C2)CO[C@@H]1c1cc(F)ccc1F. The second-order valence-corrected chi connectivity index (χ2v) is 9.63. The van der Waals surface area contributed by atoms with Crippen molar-refractivity contribution in [2.75, 3.05) is 13.2 Å². The molecule has 3 heterocycles. The van der Waals surface area contributed by atoms with Crippen LogP contribution in [0.15, 0.2) is 24.4 Å². The summed E-state index contributed by atoms with van der Waals surface area (Å²) in [5, 5.41) is 2.79. The minimum Gasteiger partial charge on any atom is -0.444 e. The number of hydrogen-bond acceptors (Lipinski definition) is 6. The smallest absolute Gasteiger partial charge is 0.407 e. The van der Waals surface area contributed by atoms with Gasteiger partial charge in [0.1, 0.15) is 34.9 Å². The molecule has 3 N–H and O–H groups in total. The first-order valence-electron chi connectivity index (χ1n) is 11.2. The van der Waals surface area contributed by atoms with Gasteiger partial charge in [0.2, 0.25) is 0 Å². The molecule has 0 aliphatic carbocycles. The van der Waals surface area contributed by atoms with E-state index < -0.39 is 41.4 Å². The number of imidazole rings is 1. The van der Waals surface area contributed by atoms with Gasteiger partial charge in [0.25, 0.3) is 5.91 Å². The average molecular weight is 478 g/mol. The number of nitrogens with zero attached hydrogens (tertiary/aromatic N) is 3. The Kier molecular flexibility index (Phi) is 6.59. The van der Waals surface area contributed by atoms with E-state index in [4.69, 9.17) is 15.2 Å². The van der Waals surface area contributed by atoms with Crippen molar-refractivity contribution in [3.05, 3.63) is 53.1 Å². The van der Waals surface area contributed by atoms with Crippen molar-refractivity contribution in [3.63, 3.8) is 0 Å². The Morgan fingerprint density at radius 2 is 2.03 bits per heavy atom. The van der Waals surface area contributed by atoms with E-state index in [2.05, 4.69) is 15.2 Å². The fourth-order valence-corrected chi connectivity index (χ4v) is 4.40. The summed E-state index contributed by atoms with van der Waals surface area (Å²) in [7, 11) is 0. The summed E-state index contributed by atoms with van der Waals surface area (Å²) in [6.45, 7) is 7.20. The lowest BCUT2D eigenvalue weighted by atomic mass is 9.92. The number of aromatic nitrogens is 2. The molecular formula is C23H29F2N5O4. The van der Waals surface area contributed by atoms with Crippen LogP contribution in [0.25, 0.3) is 0 Å². The van der Waals surface area contributed by atoms with Crippen LogP contribution in [-0.4, -0.2) is 57.3 Å². The van der Waals surface area contributed by atoms with Gasteiger partial charge in [0.15, 0.2) is 0 Å². The van der Waals surface area contributed by atoms with Crippen molar-refractivity contribution in [3.8, 4) is 0 Å². The Hall–Kier alpha value is -3.05. The molecule has 11 heteroatoms. The Morgan fingerprint density at radius 3 is 2.74 bits per heavy atom. The number of alkyl carbamates (subject to hydrolysis) is 1. The number of primary amides is 1. The molecular weight excluding hydrogens is 448 g/mol. The van der Waals surface area contributed by atoms with Crippen LogP contribution >= 0.6 is 0 Å². The highest BCUT2D eigenvalue weighted by Gasteiger charge is 2.39. The lowest BCUT2D eigenvalue weighted by Crippen LogP contribution is -2.54. The number of fused-ring (bicyclic) bond motifs is 1. The normalized spacial score (nSPS) is 23.3. The summed E-state index contributed by atoms with van der Waals surface area (Å²) in [6.07, 6.45) is 0.516. The number of carbonyl (C=O) groups is 2. The van der Waals surface area contributed by atoms with E-state index in [0.29, 0.717) is 31.9 Å². The molecule has 2 aliphatic heterocycles. The van der Waals surface area contributed by atoms with Gasteiger partial charge >= 0.3 is 6.09 Å². The number of hydrogen-bond donors (Lipinski definition) is 2. The molecule has 4 rings (SSSR count). The predicted octanol–water partition coefficient (Wildman–Crippen LogP) is 2.50. The third kappa shape index (κ3) is 5.36. The number of rotatable bonds is 4. The second kappa shape index (κ2) is 9.30. The topological polar surface area (TPSA) is 112 Å². The van der Waals surface area contributed by atoms with Gasteiger partial charge in [-0.2, -0.15) is 0 Å². The maximum atomic E-state index is 14.6. The zero-order valence-electron chi connectivity index (χ0n) is 19.4. The summed E-state index contributed by atoms with van der Waals surface area (Å²) in [5.74, 6) is -1.09. The van der Waals surface area contributed by atoms with Gasteiger partial charge in [0, 0.05) is 30.9 Å². The van der Waals surface area contributed by atoms with Gasteiger partial charge in [-0.05, 0) is 45.4 Å². The molecule has 1 aromatic carbocycles. The number of nitrogens with two attached hydrogens (primary N) is 1. The van der Waals surface area contributed by atoms with Crippen molar-refractivity contribution >= 4 is 12.0 Å². The molecule has 9 nitrogen and oxygen atoms in total. The van der Waals surface area contributed by atoms with E-state index in [1.165, 1.54) is 0 Å². The average Bonchev–Trinajstić information content (AvgIpc) is 3.18. The van der Waals surface area contributed by atoms with Gasteiger partial charge in [0.05, 0.1) is 19.2 Å². The van der Waals surface area contributed by atoms with Crippen LogP contribution in [-0.2, 0) is 22.6 Å². The number of nitrogens with one attached hydrogen (secondary N) is 1. The van der Waals surface area contributed by atoms with Gasteiger partial charge in [-0.25, -0.2) is 18.6 Å². The van der Waals surface area contributed by atoms with Crippen molar-refractivity contribution in [2.24, 2.45) is 5.73 Å². The Morgan fingerprint density at radius 1 is 1.26 bits per heavy atom. The number of ether oxygens (including phenoxy) is 2. The lowest BCUT2D eigenvalue weighted by Gasteiger charge is -2.42. The van der Waals surface area contributed by atoms with Gasteiger partial charge in [-0.1, -0.05) is 0 Å². The summed E-state index contributed by atoms with van der Waals surface area (Å²) in [5.41, 5.74) is 4.88. The van der Waals surface area contributed by atoms with E-state index in [1.54, 1.807) is 27.0 Å². The monoisotopic (exact) mass is 477 g/mol. The van der Waals surface area contributed by atoms with Crippen molar-refractivity contribution in [2.45, 2.75) is 64.1 Å². The van der Waals surface area contributed by atoms with Crippen LogP contribution in [0, 0.1) is 11.6 Å². The molecule has 1 fully saturated rings. The molecule has 0 radical (unpaired) electrons. The van der Waals surface area contributed by atoms with Crippen LogP contribution in [0.4, 0.5) is 13.6 Å². The number of benzene rings is 1. The van der Waals surface area contributed by atoms with Crippen molar-refractivity contribution in [1.82, 2.24) is 19.8 Å². The first-order chi connectivity index (χ1) is 16.0. The van der Waals surface area contributed by atoms with Crippen LogP contribution in [0.3, 0.4) is 0 Å². The maximum Gasteiger partial charge on any atom is 0.407 e. The molecule has 184 valence electrons. The minimum atomic E-state index is -0.882. The summed E-state index contributed by atoms with van der Waals surface area (Å²) >= 11 is 0. The van der Waals surface area contributed by atoms with Crippen molar-refractivity contribution in [1.29, 1.82) is 0 Å². The highest BCUT2D eigenvalue weighted by Crippen LogP contribution is 2.33. The fraction of sp³-hybridized carbons (Fsp3) is 0.522. The standard InChI is InChI=1S/C23H29F2N5O4/c1-23(2,3)34-22(32)28-17-9-14(12-33-20(17)15-8-13(24)4-5-16(15)25)29-6-7-30-10-18(21(26)31)27-19(30)11-29/h4-5,8,10,14,17,20H,6-7,9,11-12H2,1-3H3,(H2,26,31)(H,28,32)/t14-,17+,20-/m1/s1. The number of amides is 2. The van der Waals surface area contributed by atoms with E-state index in [1.807, 2.05) is 4.57 Å². The molecule has 1 saturated heterocycles. The first kappa shape index (κ1) is 24.1. The van der Waals surface area contributed by atoms with Gasteiger partial charge in [-0.3, -0.25) is 9.69 Å². The highest BCUT2D eigenvalue weighted by atomic mass is 19.1. The first-order valence-corrected chi connectivity index (χ1v) is 11.2. The zero-order chi connectivity index (χ0) is 24.6. The predicted molar refractivity (Wildman–Crippen MR) is 118 cm³/mol. The Bertz CT molecular complexity index is 1080. The molecule has 0 unspecified atom stereocenters. The quantitative estimate of drug-likeness (QED) is 0.700. The summed E-state index contributed by atoms with van der Waals surface area (Å²) in [4.78, 5) is 30.5. The van der Waals surface area contributed by atoms with E-state index >= 15 is 0 Å². The summed E-state index contributed by atoms with van der Waals surface area (Å²) < 4.78 is 41.8.